The van der Waals surface area contributed by atoms with Gasteiger partial charge >= 0.3 is 0 Å². The van der Waals surface area contributed by atoms with Crippen molar-refractivity contribution in [2.75, 3.05) is 50.7 Å². The number of piperidine rings is 2. The van der Waals surface area contributed by atoms with E-state index in [1.165, 1.54) is 43.5 Å². The van der Waals surface area contributed by atoms with Crippen LogP contribution < -0.4 is 19.7 Å². The van der Waals surface area contributed by atoms with Crippen molar-refractivity contribution >= 4 is 17.5 Å². The Kier molecular flexibility index (Phi) is 7.80. The molecule has 1 N–H and O–H groups in total. The number of hydrogen-bond donors (Lipinski definition) is 1. The molecule has 2 unspecified atom stereocenters. The van der Waals surface area contributed by atoms with Crippen LogP contribution in [0.2, 0.25) is 0 Å². The zero-order valence-electron chi connectivity index (χ0n) is 24.2. The second-order valence-corrected chi connectivity index (χ2v) is 12.6. The molecule has 8 nitrogen and oxygen atoms in total. The average molecular weight is 577 g/mol. The number of hydrogen-bond acceptors (Lipinski definition) is 6. The molecule has 0 bridgehead atoms. The van der Waals surface area contributed by atoms with Crippen LogP contribution in [0.25, 0.3) is 0 Å². The number of ether oxygens (including phenoxy) is 2. The number of amides is 2. The fourth-order valence-electron chi connectivity index (χ4n) is 7.30. The maximum Gasteiger partial charge on any atom is 0.253 e. The number of halogens is 1. The first-order valence-electron chi connectivity index (χ1n) is 15.8. The molecule has 4 heterocycles. The van der Waals surface area contributed by atoms with Crippen LogP contribution in [0.3, 0.4) is 0 Å². The molecule has 224 valence electrons. The maximum absolute atomic E-state index is 14.4. The Morgan fingerprint density at radius 3 is 2.50 bits per heavy atom. The van der Waals surface area contributed by atoms with Crippen LogP contribution in [0.1, 0.15) is 73.2 Å². The van der Waals surface area contributed by atoms with Gasteiger partial charge in [-0.2, -0.15) is 0 Å². The lowest BCUT2D eigenvalue weighted by atomic mass is 9.83. The number of rotatable bonds is 7. The monoisotopic (exact) mass is 576 g/mol. The number of nitrogens with zero attached hydrogens (tertiary/aromatic N) is 3. The number of fused-ring (bicyclic) bond motifs is 1. The molecule has 5 aliphatic rings. The third kappa shape index (κ3) is 5.99. The highest BCUT2D eigenvalue weighted by atomic mass is 19.1. The Bertz CT molecular complexity index is 1310. The van der Waals surface area contributed by atoms with Gasteiger partial charge in [-0.3, -0.25) is 14.5 Å². The number of nitrogens with one attached hydrogen (secondary N) is 1. The highest BCUT2D eigenvalue weighted by Gasteiger charge is 2.44. The van der Waals surface area contributed by atoms with E-state index in [1.807, 2.05) is 17.0 Å². The molecular weight excluding hydrogens is 535 g/mol. The number of carbonyl (C=O) groups is 2. The van der Waals surface area contributed by atoms with Crippen molar-refractivity contribution in [2.45, 2.75) is 75.5 Å². The highest BCUT2D eigenvalue weighted by Crippen LogP contribution is 2.40. The minimum absolute atomic E-state index is 0.0514. The SMILES string of the molecule is O=C(c1ccc(O[C@H]2CC3CN3C2)c(C2CCCCC2)c1)N1CCC(Oc2cc(F)cc(N3CCNCC3=O)c2)CC1. The van der Waals surface area contributed by atoms with E-state index in [1.54, 1.807) is 11.0 Å². The molecule has 4 saturated heterocycles. The summed E-state index contributed by atoms with van der Waals surface area (Å²) in [6.45, 7) is 4.80. The summed E-state index contributed by atoms with van der Waals surface area (Å²) in [6.07, 6.45) is 8.62. The molecule has 0 spiro atoms. The maximum atomic E-state index is 14.4. The number of benzene rings is 2. The predicted octanol–water partition coefficient (Wildman–Crippen LogP) is 4.33. The Morgan fingerprint density at radius 2 is 1.74 bits per heavy atom. The summed E-state index contributed by atoms with van der Waals surface area (Å²) in [5.74, 6) is 1.38. The van der Waals surface area contributed by atoms with Gasteiger partial charge in [0.1, 0.15) is 29.5 Å². The lowest BCUT2D eigenvalue weighted by molar-refractivity contribution is -0.118. The van der Waals surface area contributed by atoms with Crippen molar-refractivity contribution in [1.29, 1.82) is 0 Å². The van der Waals surface area contributed by atoms with Gasteiger partial charge in [0.2, 0.25) is 5.91 Å². The van der Waals surface area contributed by atoms with Crippen molar-refractivity contribution in [3.63, 3.8) is 0 Å². The van der Waals surface area contributed by atoms with Gasteiger partial charge in [0.15, 0.2) is 0 Å². The number of likely N-dealkylation sites (tertiary alicyclic amines) is 1. The molecule has 7 rings (SSSR count). The van der Waals surface area contributed by atoms with E-state index in [0.717, 1.165) is 37.1 Å². The molecule has 9 heteroatoms. The van der Waals surface area contributed by atoms with Crippen molar-refractivity contribution in [3.05, 3.63) is 53.3 Å². The molecule has 1 aliphatic carbocycles. The average Bonchev–Trinajstić information content (AvgIpc) is 3.62. The zero-order valence-corrected chi connectivity index (χ0v) is 24.2. The van der Waals surface area contributed by atoms with Gasteiger partial charge in [0, 0.05) is 82.3 Å². The normalized spacial score (nSPS) is 26.7. The molecule has 0 aromatic heterocycles. The molecule has 3 atom stereocenters. The van der Waals surface area contributed by atoms with E-state index < -0.39 is 5.82 Å². The Hall–Kier alpha value is -3.17. The summed E-state index contributed by atoms with van der Waals surface area (Å²) < 4.78 is 27.2. The van der Waals surface area contributed by atoms with Crippen LogP contribution >= 0.6 is 0 Å². The van der Waals surface area contributed by atoms with E-state index in [2.05, 4.69) is 16.3 Å². The molecule has 42 heavy (non-hydrogen) atoms. The van der Waals surface area contributed by atoms with Gasteiger partial charge in [0.05, 0.1) is 12.2 Å². The van der Waals surface area contributed by atoms with Crippen molar-refractivity contribution in [3.8, 4) is 11.5 Å². The minimum Gasteiger partial charge on any atom is -0.490 e. The summed E-state index contributed by atoms with van der Waals surface area (Å²) in [5.41, 5.74) is 2.46. The second kappa shape index (κ2) is 11.8. The Morgan fingerprint density at radius 1 is 0.905 bits per heavy atom. The first kappa shape index (κ1) is 27.7. The molecule has 4 aliphatic heterocycles. The molecule has 1 saturated carbocycles. The van der Waals surface area contributed by atoms with E-state index in [0.29, 0.717) is 62.4 Å². The van der Waals surface area contributed by atoms with E-state index in [9.17, 15) is 14.0 Å². The molecule has 2 amide bonds. The number of carbonyl (C=O) groups excluding carboxylic acids is 2. The predicted molar refractivity (Wildman–Crippen MR) is 158 cm³/mol. The molecule has 2 aromatic rings. The summed E-state index contributed by atoms with van der Waals surface area (Å²) >= 11 is 0. The third-order valence-electron chi connectivity index (χ3n) is 9.69. The minimum atomic E-state index is -0.426. The smallest absolute Gasteiger partial charge is 0.253 e. The topological polar surface area (TPSA) is 74.1 Å². The van der Waals surface area contributed by atoms with Crippen LogP contribution in [0.5, 0.6) is 11.5 Å². The second-order valence-electron chi connectivity index (χ2n) is 12.6. The van der Waals surface area contributed by atoms with Crippen molar-refractivity contribution < 1.29 is 23.5 Å². The van der Waals surface area contributed by atoms with Crippen LogP contribution in [0, 0.1) is 5.82 Å². The lowest BCUT2D eigenvalue weighted by Gasteiger charge is -2.33. The van der Waals surface area contributed by atoms with Gasteiger partial charge < -0.3 is 24.6 Å². The lowest BCUT2D eigenvalue weighted by Crippen LogP contribution is -2.48. The summed E-state index contributed by atoms with van der Waals surface area (Å²) in [6, 6.07) is 11.3. The summed E-state index contributed by atoms with van der Waals surface area (Å²) in [7, 11) is 0. The van der Waals surface area contributed by atoms with Gasteiger partial charge in [-0.25, -0.2) is 4.39 Å². The van der Waals surface area contributed by atoms with Gasteiger partial charge in [-0.05, 0) is 48.6 Å². The summed E-state index contributed by atoms with van der Waals surface area (Å²) in [4.78, 5) is 31.9. The van der Waals surface area contributed by atoms with Gasteiger partial charge in [-0.15, -0.1) is 0 Å². The van der Waals surface area contributed by atoms with Gasteiger partial charge in [-0.1, -0.05) is 19.3 Å². The fraction of sp³-hybridized carbons (Fsp3) is 0.576. The number of anilines is 1. The molecule has 2 aromatic carbocycles. The Labute approximate surface area is 247 Å². The quantitative estimate of drug-likeness (QED) is 0.495. The third-order valence-corrected chi connectivity index (χ3v) is 9.69. The van der Waals surface area contributed by atoms with Crippen molar-refractivity contribution in [2.24, 2.45) is 0 Å². The summed E-state index contributed by atoms with van der Waals surface area (Å²) in [5, 5.41) is 3.04. The van der Waals surface area contributed by atoms with Crippen LogP contribution in [-0.2, 0) is 4.79 Å². The Balaban J connectivity index is 0.996. The van der Waals surface area contributed by atoms with Crippen LogP contribution in [0.15, 0.2) is 36.4 Å². The number of piperazine rings is 1. The van der Waals surface area contributed by atoms with E-state index in [-0.39, 0.29) is 30.6 Å². The highest BCUT2D eigenvalue weighted by molar-refractivity contribution is 5.96. The zero-order chi connectivity index (χ0) is 28.6. The molecular formula is C33H41FN4O4. The fourth-order valence-corrected chi connectivity index (χ4v) is 7.30. The molecule has 5 fully saturated rings. The van der Waals surface area contributed by atoms with E-state index in [4.69, 9.17) is 9.47 Å². The van der Waals surface area contributed by atoms with E-state index >= 15 is 0 Å². The first-order chi connectivity index (χ1) is 20.5. The van der Waals surface area contributed by atoms with Crippen molar-refractivity contribution in [1.82, 2.24) is 15.1 Å². The van der Waals surface area contributed by atoms with Crippen LogP contribution in [-0.4, -0.2) is 85.7 Å². The first-order valence-corrected chi connectivity index (χ1v) is 15.8. The largest absolute Gasteiger partial charge is 0.490 e. The van der Waals surface area contributed by atoms with Crippen LogP contribution in [0.4, 0.5) is 10.1 Å². The standard InChI is InChI=1S/C33H41FN4O4/c34-24-15-25(38-13-10-35-19-32(38)39)17-28(16-24)41-27-8-11-36(12-9-27)33(40)23-6-7-31(42-29-18-26-20-37(26)21-29)30(14-23)22-4-2-1-3-5-22/h6-7,14-17,22,26-27,29,35H,1-5,8-13,18-21H2/t26?,29-,37?/m0/s1. The van der Waals surface area contributed by atoms with Gasteiger partial charge in [0.25, 0.3) is 5.91 Å². The molecule has 0 radical (unpaired) electrons.